The summed E-state index contributed by atoms with van der Waals surface area (Å²) in [6, 6.07) is 5.96. The van der Waals surface area contributed by atoms with E-state index in [0.717, 1.165) is 9.21 Å². The van der Waals surface area contributed by atoms with Crippen LogP contribution in [0.2, 0.25) is 0 Å². The Morgan fingerprint density at radius 3 is 2.00 bits per heavy atom. The number of carbonyl (C=O) groups is 2. The molecular weight excluding hydrogens is 356 g/mol. The Kier molecular flexibility index (Phi) is 7.31. The van der Waals surface area contributed by atoms with E-state index in [-0.39, 0.29) is 35.3 Å². The first-order valence-corrected chi connectivity index (χ1v) is 9.70. The van der Waals surface area contributed by atoms with E-state index in [9.17, 15) is 18.0 Å². The lowest BCUT2D eigenvalue weighted by atomic mass is 10.1. The number of quaternary nitrogens is 1. The summed E-state index contributed by atoms with van der Waals surface area (Å²) in [5.41, 5.74) is 0.188. The first-order chi connectivity index (χ1) is 11.8. The molecule has 26 heavy (non-hydrogen) atoms. The molecule has 3 N–H and O–H groups in total. The van der Waals surface area contributed by atoms with Gasteiger partial charge < -0.3 is 15.5 Å². The van der Waals surface area contributed by atoms with Crippen molar-refractivity contribution in [2.75, 3.05) is 39.5 Å². The third-order valence-corrected chi connectivity index (χ3v) is 5.19. The van der Waals surface area contributed by atoms with Crippen molar-refractivity contribution >= 4 is 27.5 Å². The minimum absolute atomic E-state index is 0.120. The van der Waals surface area contributed by atoms with Crippen LogP contribution in [0.5, 0.6) is 0 Å². The number of likely N-dealkylation sites (N-methyl/N-ethyl adjacent to an activating group) is 1. The molecule has 2 amide bonds. The van der Waals surface area contributed by atoms with E-state index in [4.69, 9.17) is 0 Å². The molecule has 0 bridgehead atoms. The molecule has 0 spiro atoms. The fourth-order valence-corrected chi connectivity index (χ4v) is 3.10. The molecule has 1 rings (SSSR count). The Hall–Kier alpha value is -1.97. The first kappa shape index (κ1) is 22.1. The molecule has 0 aliphatic carbocycles. The monoisotopic (exact) mass is 385 g/mol. The van der Waals surface area contributed by atoms with Gasteiger partial charge in [-0.1, -0.05) is 0 Å². The molecule has 1 aromatic carbocycles. The topological polar surface area (TPSA) is 100 Å². The molecule has 0 aliphatic heterocycles. The lowest BCUT2D eigenvalue weighted by molar-refractivity contribution is -0.862. The maximum absolute atomic E-state index is 12.1. The predicted molar refractivity (Wildman–Crippen MR) is 100 cm³/mol. The van der Waals surface area contributed by atoms with Crippen molar-refractivity contribution in [2.45, 2.75) is 31.2 Å². The first-order valence-electron chi connectivity index (χ1n) is 8.26. The van der Waals surface area contributed by atoms with Gasteiger partial charge >= 0.3 is 0 Å². The summed E-state index contributed by atoms with van der Waals surface area (Å²) < 4.78 is 25.1. The van der Waals surface area contributed by atoms with Crippen molar-refractivity contribution < 1.29 is 22.9 Å². The van der Waals surface area contributed by atoms with Crippen LogP contribution in [0.1, 0.15) is 20.8 Å². The summed E-state index contributed by atoms with van der Waals surface area (Å²) in [5.74, 6) is -0.379. The Morgan fingerprint density at radius 2 is 1.54 bits per heavy atom. The van der Waals surface area contributed by atoms with Crippen molar-refractivity contribution in [2.24, 2.45) is 0 Å². The third-order valence-electron chi connectivity index (χ3n) is 3.36. The van der Waals surface area contributed by atoms with E-state index < -0.39 is 10.0 Å². The van der Waals surface area contributed by atoms with Gasteiger partial charge in [-0.3, -0.25) is 9.59 Å². The van der Waals surface area contributed by atoms with E-state index >= 15 is 0 Å². The van der Waals surface area contributed by atoms with Gasteiger partial charge in [0.2, 0.25) is 10.0 Å². The fraction of sp³-hybridized carbons (Fsp3) is 0.529. The van der Waals surface area contributed by atoms with Crippen LogP contribution >= 0.6 is 0 Å². The second-order valence-corrected chi connectivity index (χ2v) is 9.62. The summed E-state index contributed by atoms with van der Waals surface area (Å²) in [5, 5.41) is 5.55. The third kappa shape index (κ3) is 7.11. The number of nitrogens with zero attached hydrogens (tertiary/aromatic N) is 1. The Labute approximate surface area is 155 Å². The van der Waals surface area contributed by atoms with Crippen LogP contribution < -0.4 is 15.5 Å². The summed E-state index contributed by atoms with van der Waals surface area (Å²) in [6.45, 7) is 5.99. The molecule has 0 fully saturated rings. The number of nitrogens with one attached hydrogen (secondary N) is 3. The largest absolute Gasteiger partial charge is 0.347 e. The van der Waals surface area contributed by atoms with Crippen LogP contribution in [-0.2, 0) is 19.6 Å². The van der Waals surface area contributed by atoms with Crippen molar-refractivity contribution in [3.63, 3.8) is 0 Å². The van der Waals surface area contributed by atoms with Crippen LogP contribution in [-0.4, -0.2) is 64.3 Å². The molecule has 0 radical (unpaired) electrons. The van der Waals surface area contributed by atoms with Gasteiger partial charge in [0.25, 0.3) is 11.8 Å². The van der Waals surface area contributed by atoms with Crippen molar-refractivity contribution in [1.29, 1.82) is 0 Å². The van der Waals surface area contributed by atoms with Crippen LogP contribution in [0.4, 0.5) is 5.69 Å². The maximum atomic E-state index is 12.1. The highest BCUT2D eigenvalue weighted by molar-refractivity contribution is 7.89. The Morgan fingerprint density at radius 1 is 1.04 bits per heavy atom. The number of hydrogen-bond donors (Lipinski definition) is 3. The molecular formula is C17H29N4O4S+. The van der Waals surface area contributed by atoms with Crippen LogP contribution in [0, 0.1) is 0 Å². The van der Waals surface area contributed by atoms with E-state index in [0.29, 0.717) is 5.69 Å². The molecule has 1 unspecified atom stereocenters. The predicted octanol–water partition coefficient (Wildman–Crippen LogP) is -0.695. The van der Waals surface area contributed by atoms with E-state index in [1.807, 2.05) is 20.8 Å². The van der Waals surface area contributed by atoms with Gasteiger partial charge in [-0.05, 0) is 45.0 Å². The lowest BCUT2D eigenvalue weighted by Gasteiger charge is -2.21. The summed E-state index contributed by atoms with van der Waals surface area (Å²) in [4.78, 5) is 24.9. The number of amides is 2. The second kappa shape index (κ2) is 8.61. The second-order valence-electron chi connectivity index (χ2n) is 7.47. The maximum Gasteiger partial charge on any atom is 0.279 e. The van der Waals surface area contributed by atoms with Gasteiger partial charge in [0.1, 0.15) is 0 Å². The molecule has 0 aliphatic rings. The van der Waals surface area contributed by atoms with Crippen LogP contribution in [0.25, 0.3) is 0 Å². The molecule has 1 aromatic rings. The van der Waals surface area contributed by atoms with Crippen molar-refractivity contribution in [3.8, 4) is 0 Å². The average molecular weight is 386 g/mol. The number of sulfonamides is 1. The van der Waals surface area contributed by atoms with Crippen molar-refractivity contribution in [3.05, 3.63) is 24.3 Å². The molecule has 1 atom stereocenters. The Bertz CT molecular complexity index is 737. The normalized spacial score (nSPS) is 13.3. The molecule has 0 aromatic heterocycles. The Balaban J connectivity index is 2.59. The summed E-state index contributed by atoms with van der Waals surface area (Å²) in [7, 11) is 1.18. The van der Waals surface area contributed by atoms with Crippen molar-refractivity contribution in [1.82, 2.24) is 9.62 Å². The van der Waals surface area contributed by atoms with E-state index in [1.165, 1.54) is 38.4 Å². The number of hydrogen-bond acceptors (Lipinski definition) is 4. The van der Waals surface area contributed by atoms with E-state index in [1.54, 1.807) is 7.05 Å². The highest BCUT2D eigenvalue weighted by Crippen LogP contribution is 2.16. The molecule has 8 nitrogen and oxygen atoms in total. The standard InChI is InChI=1S/C17H28N4O4S/c1-17(2,3)19-16(23)12-21(6)11-15(22)18-13-7-9-14(10-8-13)26(24,25)20(4)5/h7-10H,11-12H2,1-6H3,(H,18,22)(H,19,23)/p+1. The van der Waals surface area contributed by atoms with Gasteiger partial charge in [-0.25, -0.2) is 12.7 Å². The van der Waals surface area contributed by atoms with Gasteiger partial charge in [-0.2, -0.15) is 0 Å². The minimum Gasteiger partial charge on any atom is -0.347 e. The fourth-order valence-electron chi connectivity index (χ4n) is 2.20. The smallest absolute Gasteiger partial charge is 0.279 e. The zero-order valence-corrected chi connectivity index (χ0v) is 17.0. The molecule has 0 saturated heterocycles. The molecule has 9 heteroatoms. The zero-order chi connectivity index (χ0) is 20.1. The zero-order valence-electron chi connectivity index (χ0n) is 16.2. The number of anilines is 1. The highest BCUT2D eigenvalue weighted by Gasteiger charge is 2.19. The number of benzene rings is 1. The molecule has 146 valence electrons. The van der Waals surface area contributed by atoms with Gasteiger partial charge in [0, 0.05) is 25.3 Å². The van der Waals surface area contributed by atoms with Gasteiger partial charge in [0.15, 0.2) is 13.1 Å². The molecule has 0 saturated carbocycles. The summed E-state index contributed by atoms with van der Waals surface area (Å²) >= 11 is 0. The minimum atomic E-state index is -3.50. The van der Waals surface area contributed by atoms with Gasteiger partial charge in [-0.15, -0.1) is 0 Å². The van der Waals surface area contributed by atoms with E-state index in [2.05, 4.69) is 10.6 Å². The lowest BCUT2D eigenvalue weighted by Crippen LogP contribution is -3.11. The molecule has 0 heterocycles. The quantitative estimate of drug-likeness (QED) is 0.578. The average Bonchev–Trinajstić information content (AvgIpc) is 2.44. The SMILES string of the molecule is CN(C)S(=O)(=O)c1ccc(NC(=O)C[NH+](C)CC(=O)NC(C)(C)C)cc1. The highest BCUT2D eigenvalue weighted by atomic mass is 32.2. The number of rotatable bonds is 7. The van der Waals surface area contributed by atoms with Crippen LogP contribution in [0.15, 0.2) is 29.2 Å². The van der Waals surface area contributed by atoms with Gasteiger partial charge in [0.05, 0.1) is 11.9 Å². The van der Waals surface area contributed by atoms with Crippen LogP contribution in [0.3, 0.4) is 0 Å². The number of carbonyl (C=O) groups excluding carboxylic acids is 2. The summed E-state index contributed by atoms with van der Waals surface area (Å²) in [6.07, 6.45) is 0.